The van der Waals surface area contributed by atoms with Gasteiger partial charge in [0.05, 0.1) is 11.5 Å². The zero-order chi connectivity index (χ0) is 9.47. The lowest BCUT2D eigenvalue weighted by Gasteiger charge is -2.48. The van der Waals surface area contributed by atoms with E-state index in [1.165, 1.54) is 25.7 Å². The Balaban J connectivity index is 2.10. The lowest BCUT2D eigenvalue weighted by atomic mass is 9.60. The van der Waals surface area contributed by atoms with Crippen molar-refractivity contribution in [1.82, 2.24) is 0 Å². The van der Waals surface area contributed by atoms with E-state index in [4.69, 9.17) is 11.6 Å². The van der Waals surface area contributed by atoms with Gasteiger partial charge in [0.2, 0.25) is 0 Å². The fraction of sp³-hybridized carbons (Fsp3) is 1.00. The molecule has 0 heterocycles. The van der Waals surface area contributed by atoms with Crippen LogP contribution >= 0.6 is 11.6 Å². The van der Waals surface area contributed by atoms with Crippen molar-refractivity contribution in [2.45, 2.75) is 56.9 Å². The molecule has 0 radical (unpaired) electrons. The van der Waals surface area contributed by atoms with E-state index in [1.54, 1.807) is 0 Å². The zero-order valence-corrected chi connectivity index (χ0v) is 9.06. The van der Waals surface area contributed by atoms with Crippen molar-refractivity contribution in [3.8, 4) is 0 Å². The van der Waals surface area contributed by atoms with Gasteiger partial charge in [-0.25, -0.2) is 0 Å². The first-order valence-corrected chi connectivity index (χ1v) is 5.87. The highest BCUT2D eigenvalue weighted by Gasteiger charge is 2.44. The fourth-order valence-electron chi connectivity index (χ4n) is 3.16. The summed E-state index contributed by atoms with van der Waals surface area (Å²) < 4.78 is 0. The minimum atomic E-state index is -0.252. The van der Waals surface area contributed by atoms with Crippen LogP contribution in [0.15, 0.2) is 0 Å². The third-order valence-corrected chi connectivity index (χ3v) is 4.59. The average molecular weight is 203 g/mol. The number of halogens is 1. The molecule has 0 aromatic rings. The summed E-state index contributed by atoms with van der Waals surface area (Å²) in [4.78, 5) is 0. The summed E-state index contributed by atoms with van der Waals surface area (Å²) in [5.74, 6) is 0.728. The molecule has 0 amide bonds. The predicted octanol–water partition coefficient (Wildman–Crippen LogP) is 2.95. The van der Waals surface area contributed by atoms with Crippen LogP contribution in [0.4, 0.5) is 0 Å². The number of alkyl halides is 1. The Morgan fingerprint density at radius 1 is 1.38 bits per heavy atom. The highest BCUT2D eigenvalue weighted by atomic mass is 35.5. The van der Waals surface area contributed by atoms with Crippen molar-refractivity contribution in [1.29, 1.82) is 0 Å². The lowest BCUT2D eigenvalue weighted by Crippen LogP contribution is -2.44. The number of aliphatic hydroxyl groups excluding tert-OH is 1. The summed E-state index contributed by atoms with van der Waals surface area (Å²) >= 11 is 6.13. The highest BCUT2D eigenvalue weighted by molar-refractivity contribution is 6.21. The molecule has 2 rings (SSSR count). The molecule has 0 aromatic carbocycles. The standard InChI is InChI=1S/C11H19ClO/c1-11-5-3-2-4-8(11)6-10(13)9(12)7-11/h8-10,13H,2-7H2,1H3. The van der Waals surface area contributed by atoms with Gasteiger partial charge in [0.25, 0.3) is 0 Å². The second-order valence-electron chi connectivity index (χ2n) is 5.12. The lowest BCUT2D eigenvalue weighted by molar-refractivity contribution is -0.00418. The first kappa shape index (κ1) is 9.79. The summed E-state index contributed by atoms with van der Waals surface area (Å²) in [6.07, 6.45) is 7.01. The maximum atomic E-state index is 9.70. The molecule has 2 saturated carbocycles. The Morgan fingerprint density at radius 3 is 2.92 bits per heavy atom. The molecular formula is C11H19ClO. The van der Waals surface area contributed by atoms with E-state index in [0.29, 0.717) is 5.41 Å². The minimum absolute atomic E-state index is 0.000602. The highest BCUT2D eigenvalue weighted by Crippen LogP contribution is 2.51. The Bertz CT molecular complexity index is 195. The number of hydrogen-bond acceptors (Lipinski definition) is 1. The van der Waals surface area contributed by atoms with Gasteiger partial charge in [-0.3, -0.25) is 0 Å². The van der Waals surface area contributed by atoms with Gasteiger partial charge < -0.3 is 5.11 Å². The Morgan fingerprint density at radius 2 is 2.15 bits per heavy atom. The number of hydrogen-bond donors (Lipinski definition) is 1. The molecule has 0 aliphatic heterocycles. The van der Waals surface area contributed by atoms with Crippen LogP contribution in [-0.2, 0) is 0 Å². The molecule has 1 nitrogen and oxygen atoms in total. The minimum Gasteiger partial charge on any atom is -0.392 e. The maximum Gasteiger partial charge on any atom is 0.0706 e. The van der Waals surface area contributed by atoms with Crippen molar-refractivity contribution in [2.24, 2.45) is 11.3 Å². The summed E-state index contributed by atoms with van der Waals surface area (Å²) in [6, 6.07) is 0. The molecule has 76 valence electrons. The van der Waals surface area contributed by atoms with Crippen molar-refractivity contribution in [3.63, 3.8) is 0 Å². The van der Waals surface area contributed by atoms with Gasteiger partial charge in [0.1, 0.15) is 0 Å². The van der Waals surface area contributed by atoms with Crippen LogP contribution < -0.4 is 0 Å². The van der Waals surface area contributed by atoms with E-state index in [0.717, 1.165) is 18.8 Å². The summed E-state index contributed by atoms with van der Waals surface area (Å²) in [5.41, 5.74) is 0.434. The van der Waals surface area contributed by atoms with Crippen LogP contribution in [0.25, 0.3) is 0 Å². The molecule has 0 saturated heterocycles. The number of aliphatic hydroxyl groups is 1. The van der Waals surface area contributed by atoms with Crippen molar-refractivity contribution in [3.05, 3.63) is 0 Å². The largest absolute Gasteiger partial charge is 0.392 e. The van der Waals surface area contributed by atoms with Gasteiger partial charge in [-0.15, -0.1) is 11.6 Å². The molecule has 13 heavy (non-hydrogen) atoms. The van der Waals surface area contributed by atoms with Crippen LogP contribution in [0.2, 0.25) is 0 Å². The molecule has 4 unspecified atom stereocenters. The van der Waals surface area contributed by atoms with Gasteiger partial charge >= 0.3 is 0 Å². The van der Waals surface area contributed by atoms with Crippen molar-refractivity contribution < 1.29 is 5.11 Å². The average Bonchev–Trinajstić information content (AvgIpc) is 2.07. The smallest absolute Gasteiger partial charge is 0.0706 e. The molecule has 2 aliphatic rings. The second kappa shape index (κ2) is 3.43. The molecular weight excluding hydrogens is 184 g/mol. The first-order chi connectivity index (χ1) is 6.12. The predicted molar refractivity (Wildman–Crippen MR) is 54.9 cm³/mol. The van der Waals surface area contributed by atoms with Gasteiger partial charge in [0.15, 0.2) is 0 Å². The summed E-state index contributed by atoms with van der Waals surface area (Å²) in [5, 5.41) is 9.70. The molecule has 0 bridgehead atoms. The fourth-order valence-corrected chi connectivity index (χ4v) is 3.62. The van der Waals surface area contributed by atoms with E-state index in [9.17, 15) is 5.11 Å². The van der Waals surface area contributed by atoms with Crippen LogP contribution in [0, 0.1) is 11.3 Å². The van der Waals surface area contributed by atoms with E-state index in [-0.39, 0.29) is 11.5 Å². The van der Waals surface area contributed by atoms with Gasteiger partial charge in [-0.2, -0.15) is 0 Å². The topological polar surface area (TPSA) is 20.2 Å². The molecule has 2 heteroatoms. The second-order valence-corrected chi connectivity index (χ2v) is 5.68. The van der Waals surface area contributed by atoms with Crippen LogP contribution in [-0.4, -0.2) is 16.6 Å². The van der Waals surface area contributed by atoms with E-state index >= 15 is 0 Å². The SMILES string of the molecule is CC12CCCCC1CC(O)C(Cl)C2. The van der Waals surface area contributed by atoms with Gasteiger partial charge in [0, 0.05) is 0 Å². The molecule has 2 fully saturated rings. The number of rotatable bonds is 0. The van der Waals surface area contributed by atoms with Crippen LogP contribution in [0.1, 0.15) is 45.4 Å². The molecule has 2 aliphatic carbocycles. The van der Waals surface area contributed by atoms with Gasteiger partial charge in [-0.05, 0) is 37.0 Å². The van der Waals surface area contributed by atoms with Crippen molar-refractivity contribution in [2.75, 3.05) is 0 Å². The quantitative estimate of drug-likeness (QED) is 0.599. The molecule has 0 spiro atoms. The Labute approximate surface area is 85.5 Å². The van der Waals surface area contributed by atoms with E-state index in [2.05, 4.69) is 6.92 Å². The zero-order valence-electron chi connectivity index (χ0n) is 8.30. The monoisotopic (exact) mass is 202 g/mol. The summed E-state index contributed by atoms with van der Waals surface area (Å²) in [6.45, 7) is 2.36. The van der Waals surface area contributed by atoms with Crippen LogP contribution in [0.3, 0.4) is 0 Å². The third-order valence-electron chi connectivity index (χ3n) is 4.14. The molecule has 0 aromatic heterocycles. The van der Waals surface area contributed by atoms with Gasteiger partial charge in [-0.1, -0.05) is 19.8 Å². The normalized spacial score (nSPS) is 51.5. The molecule has 1 N–H and O–H groups in total. The van der Waals surface area contributed by atoms with E-state index in [1.807, 2.05) is 0 Å². The Hall–Kier alpha value is 0.250. The Kier molecular flexibility index (Phi) is 2.59. The third kappa shape index (κ3) is 1.73. The number of fused-ring (bicyclic) bond motifs is 1. The van der Waals surface area contributed by atoms with E-state index < -0.39 is 0 Å². The van der Waals surface area contributed by atoms with Crippen molar-refractivity contribution >= 4 is 11.6 Å². The summed E-state index contributed by atoms with van der Waals surface area (Å²) in [7, 11) is 0. The van der Waals surface area contributed by atoms with Crippen LogP contribution in [0.5, 0.6) is 0 Å². The first-order valence-electron chi connectivity index (χ1n) is 5.44. The molecule has 4 atom stereocenters. The maximum absolute atomic E-state index is 9.70.